The van der Waals surface area contributed by atoms with E-state index in [-0.39, 0.29) is 12.1 Å². The molecule has 0 aliphatic heterocycles. The van der Waals surface area contributed by atoms with Crippen molar-refractivity contribution in [1.82, 2.24) is 15.3 Å². The fourth-order valence-corrected chi connectivity index (χ4v) is 3.78. The van der Waals surface area contributed by atoms with Crippen LogP contribution in [-0.2, 0) is 16.0 Å². The summed E-state index contributed by atoms with van der Waals surface area (Å²) in [6.45, 7) is 5.03. The van der Waals surface area contributed by atoms with Crippen molar-refractivity contribution in [2.75, 3.05) is 13.2 Å². The van der Waals surface area contributed by atoms with Crippen LogP contribution in [0.15, 0.2) is 73.1 Å². The van der Waals surface area contributed by atoms with Crippen molar-refractivity contribution in [1.29, 1.82) is 0 Å². The molecule has 4 rings (SSSR count). The maximum absolute atomic E-state index is 10.4. The number of β-amino-alcohol motifs (C(OH)–C–C–N with tert-alkyl or cyclic N) is 1. The SMILES string of the molecule is CC(C)(Cc1c[nH]c2ccccc12)NCC(O)COc1cccc2[nH]ccc12.O=C(O)C=CC(=O)O. The quantitative estimate of drug-likeness (QED) is 0.185. The molecule has 0 aliphatic rings. The second-order valence-electron chi connectivity index (χ2n) is 8.97. The van der Waals surface area contributed by atoms with Gasteiger partial charge in [-0.05, 0) is 50.1 Å². The fourth-order valence-electron chi connectivity index (χ4n) is 3.78. The highest BCUT2D eigenvalue weighted by Crippen LogP contribution is 2.25. The van der Waals surface area contributed by atoms with Crippen LogP contribution in [0.5, 0.6) is 5.75 Å². The van der Waals surface area contributed by atoms with Crippen molar-refractivity contribution in [3.63, 3.8) is 0 Å². The molecular formula is C27H31N3O6. The van der Waals surface area contributed by atoms with Crippen molar-refractivity contribution < 1.29 is 29.6 Å². The minimum Gasteiger partial charge on any atom is -0.490 e. The number of aliphatic hydroxyl groups is 1. The van der Waals surface area contributed by atoms with Gasteiger partial charge in [0, 0.05) is 58.4 Å². The molecule has 2 aromatic carbocycles. The highest BCUT2D eigenvalue weighted by molar-refractivity contribution is 5.89. The second kappa shape index (κ2) is 12.1. The molecule has 1 atom stereocenters. The number of aliphatic hydroxyl groups excluding tert-OH is 1. The molecule has 9 heteroatoms. The third-order valence-corrected chi connectivity index (χ3v) is 5.48. The Morgan fingerprint density at radius 2 is 1.64 bits per heavy atom. The summed E-state index contributed by atoms with van der Waals surface area (Å²) in [5.41, 5.74) is 3.32. The highest BCUT2D eigenvalue weighted by Gasteiger charge is 2.21. The number of carboxylic acid groups (broad SMARTS) is 2. The van der Waals surface area contributed by atoms with E-state index in [4.69, 9.17) is 14.9 Å². The molecule has 0 saturated heterocycles. The van der Waals surface area contributed by atoms with Gasteiger partial charge in [0.2, 0.25) is 0 Å². The van der Waals surface area contributed by atoms with Crippen LogP contribution in [0.25, 0.3) is 21.8 Å². The largest absolute Gasteiger partial charge is 0.490 e. The van der Waals surface area contributed by atoms with Gasteiger partial charge in [0.1, 0.15) is 18.5 Å². The molecule has 0 amide bonds. The Balaban J connectivity index is 0.000000392. The first-order valence-electron chi connectivity index (χ1n) is 11.5. The third kappa shape index (κ3) is 7.72. The van der Waals surface area contributed by atoms with Gasteiger partial charge in [0.25, 0.3) is 0 Å². The Morgan fingerprint density at radius 1 is 0.972 bits per heavy atom. The average Bonchev–Trinajstić information content (AvgIpc) is 3.48. The lowest BCUT2D eigenvalue weighted by Crippen LogP contribution is -2.46. The Labute approximate surface area is 208 Å². The number of hydrogen-bond acceptors (Lipinski definition) is 5. The fraction of sp³-hybridized carbons (Fsp3) is 0.259. The minimum atomic E-state index is -1.26. The molecule has 190 valence electrons. The number of ether oxygens (including phenoxy) is 1. The van der Waals surface area contributed by atoms with E-state index < -0.39 is 18.0 Å². The van der Waals surface area contributed by atoms with Gasteiger partial charge in [-0.1, -0.05) is 24.3 Å². The van der Waals surface area contributed by atoms with Gasteiger partial charge >= 0.3 is 11.9 Å². The number of H-pyrrole nitrogens is 2. The highest BCUT2D eigenvalue weighted by atomic mass is 16.5. The van der Waals surface area contributed by atoms with Crippen molar-refractivity contribution in [2.45, 2.75) is 31.9 Å². The number of benzene rings is 2. The number of aromatic nitrogens is 2. The molecular weight excluding hydrogens is 462 g/mol. The molecule has 0 aliphatic carbocycles. The molecule has 0 fully saturated rings. The molecule has 9 nitrogen and oxygen atoms in total. The predicted molar refractivity (Wildman–Crippen MR) is 138 cm³/mol. The maximum atomic E-state index is 10.4. The summed E-state index contributed by atoms with van der Waals surface area (Å²) >= 11 is 0. The van der Waals surface area contributed by atoms with Crippen molar-refractivity contribution in [3.05, 3.63) is 78.6 Å². The van der Waals surface area contributed by atoms with Crippen LogP contribution < -0.4 is 10.1 Å². The first kappa shape index (κ1) is 26.5. The number of rotatable bonds is 10. The number of aliphatic carboxylic acids is 2. The minimum absolute atomic E-state index is 0.146. The van der Waals surface area contributed by atoms with E-state index >= 15 is 0 Å². The van der Waals surface area contributed by atoms with E-state index in [1.54, 1.807) is 0 Å². The van der Waals surface area contributed by atoms with Gasteiger partial charge in [0.15, 0.2) is 0 Å². The molecule has 36 heavy (non-hydrogen) atoms. The lowest BCUT2D eigenvalue weighted by molar-refractivity contribution is -0.134. The Morgan fingerprint density at radius 3 is 2.36 bits per heavy atom. The van der Waals surface area contributed by atoms with Gasteiger partial charge in [-0.25, -0.2) is 9.59 Å². The van der Waals surface area contributed by atoms with E-state index in [9.17, 15) is 14.7 Å². The monoisotopic (exact) mass is 493 g/mol. The molecule has 0 bridgehead atoms. The van der Waals surface area contributed by atoms with Crippen LogP contribution in [-0.4, -0.2) is 62.0 Å². The Hall–Kier alpha value is -4.08. The summed E-state index contributed by atoms with van der Waals surface area (Å²) in [6.07, 6.45) is 5.36. The van der Waals surface area contributed by atoms with Crippen LogP contribution >= 0.6 is 0 Å². The molecule has 1 unspecified atom stereocenters. The van der Waals surface area contributed by atoms with Crippen molar-refractivity contribution >= 4 is 33.7 Å². The van der Waals surface area contributed by atoms with Gasteiger partial charge in [-0.15, -0.1) is 0 Å². The summed E-state index contributed by atoms with van der Waals surface area (Å²) in [4.78, 5) is 25.6. The summed E-state index contributed by atoms with van der Waals surface area (Å²) in [7, 11) is 0. The molecule has 2 aromatic heterocycles. The van der Waals surface area contributed by atoms with Gasteiger partial charge < -0.3 is 35.3 Å². The topological polar surface area (TPSA) is 148 Å². The molecule has 0 saturated carbocycles. The molecule has 0 radical (unpaired) electrons. The number of fused-ring (bicyclic) bond motifs is 2. The second-order valence-corrected chi connectivity index (χ2v) is 8.97. The van der Waals surface area contributed by atoms with Gasteiger partial charge in [0.05, 0.1) is 0 Å². The van der Waals surface area contributed by atoms with Crippen LogP contribution in [0, 0.1) is 0 Å². The third-order valence-electron chi connectivity index (χ3n) is 5.48. The number of aromatic amines is 2. The van der Waals surface area contributed by atoms with Gasteiger partial charge in [-0.2, -0.15) is 0 Å². The van der Waals surface area contributed by atoms with Gasteiger partial charge in [-0.3, -0.25) is 0 Å². The smallest absolute Gasteiger partial charge is 0.328 e. The number of nitrogens with one attached hydrogen (secondary N) is 3. The molecule has 6 N–H and O–H groups in total. The first-order chi connectivity index (χ1) is 17.1. The van der Waals surface area contributed by atoms with E-state index in [2.05, 4.69) is 53.5 Å². The number of carboxylic acids is 2. The zero-order valence-electron chi connectivity index (χ0n) is 20.2. The summed E-state index contributed by atoms with van der Waals surface area (Å²) in [5.74, 6) is -1.73. The molecule has 4 aromatic rings. The lowest BCUT2D eigenvalue weighted by Gasteiger charge is -2.28. The van der Waals surface area contributed by atoms with Crippen LogP contribution in [0.3, 0.4) is 0 Å². The van der Waals surface area contributed by atoms with E-state index in [1.165, 1.54) is 10.9 Å². The zero-order chi connectivity index (χ0) is 26.1. The maximum Gasteiger partial charge on any atom is 0.328 e. The number of carbonyl (C=O) groups is 2. The standard InChI is InChI=1S/C23H27N3O2.C4H4O4/c1-23(2,12-16-13-25-20-7-4-3-6-18(16)20)26-14-17(27)15-28-22-9-5-8-21-19(22)10-11-24-21;5-3(6)1-2-4(7)8/h3-11,13,17,24-27H,12,14-15H2,1-2H3;1-2H,(H,5,6)(H,7,8). The first-order valence-corrected chi connectivity index (χ1v) is 11.5. The van der Waals surface area contributed by atoms with E-state index in [0.717, 1.165) is 28.6 Å². The van der Waals surface area contributed by atoms with E-state index in [1.807, 2.05) is 36.5 Å². The summed E-state index contributed by atoms with van der Waals surface area (Å²) in [6, 6.07) is 16.2. The Bertz CT molecular complexity index is 1320. The lowest BCUT2D eigenvalue weighted by atomic mass is 9.94. The van der Waals surface area contributed by atoms with Crippen LogP contribution in [0.4, 0.5) is 0 Å². The summed E-state index contributed by atoms with van der Waals surface area (Å²) in [5, 5.41) is 31.8. The van der Waals surface area contributed by atoms with Crippen molar-refractivity contribution in [3.8, 4) is 5.75 Å². The number of hydrogen-bond donors (Lipinski definition) is 6. The van der Waals surface area contributed by atoms with Crippen molar-refractivity contribution in [2.24, 2.45) is 0 Å². The normalized spacial score (nSPS) is 12.4. The van der Waals surface area contributed by atoms with Crippen LogP contribution in [0.1, 0.15) is 19.4 Å². The molecule has 0 spiro atoms. The zero-order valence-corrected chi connectivity index (χ0v) is 20.2. The number of para-hydroxylation sites is 1. The summed E-state index contributed by atoms with van der Waals surface area (Å²) < 4.78 is 5.85. The predicted octanol–water partition coefficient (Wildman–Crippen LogP) is 3.71. The van der Waals surface area contributed by atoms with E-state index in [0.29, 0.717) is 18.7 Å². The molecule has 2 heterocycles. The Kier molecular flexibility index (Phi) is 8.88. The van der Waals surface area contributed by atoms with Crippen LogP contribution in [0.2, 0.25) is 0 Å². The average molecular weight is 494 g/mol.